The molecule has 1 heterocycles. The van der Waals surface area contributed by atoms with Crippen molar-refractivity contribution in [3.8, 4) is 0 Å². The second-order valence-electron chi connectivity index (χ2n) is 4.90. The number of carbonyl (C=O) groups is 1. The minimum absolute atomic E-state index is 0.281. The van der Waals surface area contributed by atoms with E-state index in [1.807, 2.05) is 13.8 Å². The minimum Gasteiger partial charge on any atom is -0.494 e. The van der Waals surface area contributed by atoms with Crippen LogP contribution in [0.15, 0.2) is 23.2 Å². The zero-order valence-electron chi connectivity index (χ0n) is 10.1. The molecule has 0 aromatic heterocycles. The van der Waals surface area contributed by atoms with Crippen molar-refractivity contribution in [3.63, 3.8) is 0 Å². The van der Waals surface area contributed by atoms with E-state index < -0.39 is 5.41 Å². The molecular formula is C13H18O3. The Morgan fingerprint density at radius 3 is 2.62 bits per heavy atom. The lowest BCUT2D eigenvalue weighted by Crippen LogP contribution is -2.33. The van der Waals surface area contributed by atoms with Crippen molar-refractivity contribution >= 4 is 5.78 Å². The molecule has 1 aliphatic heterocycles. The highest BCUT2D eigenvalue weighted by atomic mass is 16.6. The number of hydrogen-bond donors (Lipinski definition) is 0. The van der Waals surface area contributed by atoms with Crippen LogP contribution in [0.5, 0.6) is 0 Å². The van der Waals surface area contributed by atoms with E-state index in [0.29, 0.717) is 19.6 Å². The number of Topliss-reactive ketones (excluding diaryl/α,β-unsaturated/α-hetero) is 1. The van der Waals surface area contributed by atoms with Crippen LogP contribution >= 0.6 is 0 Å². The van der Waals surface area contributed by atoms with Gasteiger partial charge in [-0.2, -0.15) is 0 Å². The number of carbonyl (C=O) groups excluding carboxylic acids is 1. The standard InChI is InChI=1S/C13H18O3/c1-9-4-5-11(14)13(2,3)12(9)10-8-15-6-7-16-10/h8H,4-7H2,1-3H3. The molecule has 0 fully saturated rings. The van der Waals surface area contributed by atoms with Gasteiger partial charge in [-0.3, -0.25) is 4.79 Å². The lowest BCUT2D eigenvalue weighted by molar-refractivity contribution is -0.126. The molecule has 16 heavy (non-hydrogen) atoms. The maximum absolute atomic E-state index is 12.0. The number of ketones is 1. The Labute approximate surface area is 96.1 Å². The molecule has 2 aliphatic rings. The number of rotatable bonds is 1. The monoisotopic (exact) mass is 222 g/mol. The van der Waals surface area contributed by atoms with Crippen LogP contribution in [0, 0.1) is 5.41 Å². The summed E-state index contributed by atoms with van der Waals surface area (Å²) in [6, 6.07) is 0. The maximum Gasteiger partial charge on any atom is 0.157 e. The van der Waals surface area contributed by atoms with Crippen LogP contribution in [0.1, 0.15) is 33.6 Å². The third-order valence-corrected chi connectivity index (χ3v) is 3.37. The summed E-state index contributed by atoms with van der Waals surface area (Å²) in [5.74, 6) is 1.02. The molecule has 3 nitrogen and oxygen atoms in total. The van der Waals surface area contributed by atoms with Gasteiger partial charge in [0, 0.05) is 12.0 Å². The average molecular weight is 222 g/mol. The van der Waals surface area contributed by atoms with Crippen molar-refractivity contribution in [2.75, 3.05) is 13.2 Å². The summed E-state index contributed by atoms with van der Waals surface area (Å²) in [7, 11) is 0. The summed E-state index contributed by atoms with van der Waals surface area (Å²) < 4.78 is 10.9. The number of hydrogen-bond acceptors (Lipinski definition) is 3. The van der Waals surface area contributed by atoms with E-state index in [9.17, 15) is 4.79 Å². The number of ether oxygens (including phenoxy) is 2. The Morgan fingerprint density at radius 2 is 2.00 bits per heavy atom. The highest BCUT2D eigenvalue weighted by Crippen LogP contribution is 2.42. The summed E-state index contributed by atoms with van der Waals surface area (Å²) in [5, 5.41) is 0. The van der Waals surface area contributed by atoms with Crippen molar-refractivity contribution in [2.24, 2.45) is 5.41 Å². The molecule has 0 aromatic rings. The highest BCUT2D eigenvalue weighted by molar-refractivity contribution is 5.90. The van der Waals surface area contributed by atoms with Crippen LogP contribution < -0.4 is 0 Å². The first kappa shape index (κ1) is 11.2. The van der Waals surface area contributed by atoms with E-state index >= 15 is 0 Å². The second-order valence-corrected chi connectivity index (χ2v) is 4.90. The fourth-order valence-corrected chi connectivity index (χ4v) is 2.43. The predicted molar refractivity (Wildman–Crippen MR) is 60.7 cm³/mol. The van der Waals surface area contributed by atoms with Gasteiger partial charge in [0.15, 0.2) is 5.76 Å². The van der Waals surface area contributed by atoms with Crippen LogP contribution in [0.2, 0.25) is 0 Å². The van der Waals surface area contributed by atoms with Crippen molar-refractivity contribution in [3.05, 3.63) is 23.2 Å². The van der Waals surface area contributed by atoms with E-state index in [2.05, 4.69) is 6.92 Å². The summed E-state index contributed by atoms with van der Waals surface area (Å²) in [6.07, 6.45) is 3.11. The maximum atomic E-state index is 12.0. The molecule has 1 aliphatic carbocycles. The molecule has 0 radical (unpaired) electrons. The fraction of sp³-hybridized carbons (Fsp3) is 0.615. The Balaban J connectivity index is 2.42. The van der Waals surface area contributed by atoms with Gasteiger partial charge < -0.3 is 9.47 Å². The SMILES string of the molecule is CC1=C(C2=COCCO2)C(C)(C)C(=O)CC1. The van der Waals surface area contributed by atoms with Crippen LogP contribution in [-0.4, -0.2) is 19.0 Å². The van der Waals surface area contributed by atoms with Crippen LogP contribution in [0.3, 0.4) is 0 Å². The van der Waals surface area contributed by atoms with E-state index in [-0.39, 0.29) is 5.78 Å². The van der Waals surface area contributed by atoms with Gasteiger partial charge in [0.1, 0.15) is 25.3 Å². The van der Waals surface area contributed by atoms with E-state index in [1.54, 1.807) is 6.26 Å². The lowest BCUT2D eigenvalue weighted by atomic mass is 9.71. The summed E-state index contributed by atoms with van der Waals surface area (Å²) in [6.45, 7) is 7.15. The zero-order valence-corrected chi connectivity index (χ0v) is 10.1. The van der Waals surface area contributed by atoms with Gasteiger partial charge in [-0.1, -0.05) is 5.57 Å². The Morgan fingerprint density at radius 1 is 1.25 bits per heavy atom. The average Bonchev–Trinajstić information content (AvgIpc) is 2.25. The van der Waals surface area contributed by atoms with Gasteiger partial charge >= 0.3 is 0 Å². The number of allylic oxidation sites excluding steroid dienone is 2. The van der Waals surface area contributed by atoms with Crippen LogP contribution in [0.4, 0.5) is 0 Å². The molecule has 0 aromatic carbocycles. The molecule has 0 saturated heterocycles. The van der Waals surface area contributed by atoms with Crippen molar-refractivity contribution in [1.82, 2.24) is 0 Å². The molecule has 88 valence electrons. The molecule has 0 spiro atoms. The Hall–Kier alpha value is -1.25. The second kappa shape index (κ2) is 3.96. The molecule has 0 saturated carbocycles. The van der Waals surface area contributed by atoms with E-state index in [1.165, 1.54) is 5.57 Å². The third kappa shape index (κ3) is 1.75. The summed E-state index contributed by atoms with van der Waals surface area (Å²) >= 11 is 0. The Kier molecular flexibility index (Phi) is 2.78. The van der Waals surface area contributed by atoms with Gasteiger partial charge in [-0.25, -0.2) is 0 Å². The van der Waals surface area contributed by atoms with E-state index in [0.717, 1.165) is 17.8 Å². The molecule has 0 unspecified atom stereocenters. The topological polar surface area (TPSA) is 35.5 Å². The molecule has 0 N–H and O–H groups in total. The lowest BCUT2D eigenvalue weighted by Gasteiger charge is -2.34. The van der Waals surface area contributed by atoms with Crippen LogP contribution in [0.25, 0.3) is 0 Å². The molecule has 2 rings (SSSR count). The highest BCUT2D eigenvalue weighted by Gasteiger charge is 2.39. The van der Waals surface area contributed by atoms with Crippen molar-refractivity contribution in [2.45, 2.75) is 33.6 Å². The first-order valence-corrected chi connectivity index (χ1v) is 5.72. The largest absolute Gasteiger partial charge is 0.494 e. The molecule has 0 amide bonds. The van der Waals surface area contributed by atoms with Gasteiger partial charge in [0.05, 0.1) is 5.41 Å². The van der Waals surface area contributed by atoms with E-state index in [4.69, 9.17) is 9.47 Å². The van der Waals surface area contributed by atoms with Gasteiger partial charge in [0.2, 0.25) is 0 Å². The van der Waals surface area contributed by atoms with Crippen LogP contribution in [-0.2, 0) is 14.3 Å². The summed E-state index contributed by atoms with van der Waals surface area (Å²) in [5.41, 5.74) is 1.80. The normalized spacial score (nSPS) is 24.7. The zero-order chi connectivity index (χ0) is 11.8. The summed E-state index contributed by atoms with van der Waals surface area (Å²) in [4.78, 5) is 12.0. The molecule has 3 heteroatoms. The van der Waals surface area contributed by atoms with Gasteiger partial charge in [-0.15, -0.1) is 0 Å². The first-order chi connectivity index (χ1) is 7.53. The molecule has 0 atom stereocenters. The van der Waals surface area contributed by atoms with Gasteiger partial charge in [-0.05, 0) is 27.2 Å². The molecule has 0 bridgehead atoms. The van der Waals surface area contributed by atoms with Crippen molar-refractivity contribution < 1.29 is 14.3 Å². The predicted octanol–water partition coefficient (Wildman–Crippen LogP) is 2.58. The van der Waals surface area contributed by atoms with Crippen molar-refractivity contribution in [1.29, 1.82) is 0 Å². The quantitative estimate of drug-likeness (QED) is 0.684. The fourth-order valence-electron chi connectivity index (χ4n) is 2.43. The molecular weight excluding hydrogens is 204 g/mol. The Bertz CT molecular complexity index is 375. The minimum atomic E-state index is -0.450. The third-order valence-electron chi connectivity index (χ3n) is 3.37. The van der Waals surface area contributed by atoms with Gasteiger partial charge in [0.25, 0.3) is 0 Å². The first-order valence-electron chi connectivity index (χ1n) is 5.72. The smallest absolute Gasteiger partial charge is 0.157 e.